The topological polar surface area (TPSA) is 68.0 Å². The van der Waals surface area contributed by atoms with E-state index in [4.69, 9.17) is 17.3 Å². The monoisotopic (exact) mass is 323 g/mol. The Morgan fingerprint density at radius 1 is 1.57 bits per heavy atom. The predicted molar refractivity (Wildman–Crippen MR) is 91.1 cm³/mol. The van der Waals surface area contributed by atoms with E-state index >= 15 is 0 Å². The minimum Gasteiger partial charge on any atom is -0.323 e. The van der Waals surface area contributed by atoms with E-state index < -0.39 is 6.04 Å². The predicted octanol–water partition coefficient (Wildman–Crippen LogP) is 3.22. The van der Waals surface area contributed by atoms with Crippen LogP contribution in [0.4, 0.5) is 5.69 Å². The van der Waals surface area contributed by atoms with Gasteiger partial charge < -0.3 is 11.1 Å². The van der Waals surface area contributed by atoms with Gasteiger partial charge in [-0.3, -0.25) is 9.78 Å². The molecule has 6 heteroatoms. The number of benzene rings is 1. The minimum atomic E-state index is -0.540. The van der Waals surface area contributed by atoms with Crippen LogP contribution >= 0.6 is 23.4 Å². The van der Waals surface area contributed by atoms with Crippen molar-refractivity contribution in [3.63, 3.8) is 0 Å². The third-order valence-electron chi connectivity index (χ3n) is 3.25. The molecule has 2 rings (SSSR count). The molecule has 21 heavy (non-hydrogen) atoms. The maximum atomic E-state index is 12.2. The fourth-order valence-corrected chi connectivity index (χ4v) is 2.90. The smallest absolute Gasteiger partial charge is 0.241 e. The molecule has 3 N–H and O–H groups in total. The number of hydrogen-bond donors (Lipinski definition) is 2. The first-order valence-electron chi connectivity index (χ1n) is 6.63. The molecule has 1 amide bonds. The fourth-order valence-electron chi connectivity index (χ4n) is 2.10. The number of rotatable bonds is 5. The van der Waals surface area contributed by atoms with E-state index in [1.54, 1.807) is 24.0 Å². The molecule has 4 nitrogen and oxygen atoms in total. The van der Waals surface area contributed by atoms with Crippen molar-refractivity contribution in [2.45, 2.75) is 19.4 Å². The van der Waals surface area contributed by atoms with Crippen molar-refractivity contribution in [2.24, 2.45) is 5.73 Å². The lowest BCUT2D eigenvalue weighted by molar-refractivity contribution is -0.117. The Morgan fingerprint density at radius 2 is 2.33 bits per heavy atom. The normalized spacial score (nSPS) is 12.4. The van der Waals surface area contributed by atoms with Gasteiger partial charge in [0, 0.05) is 11.6 Å². The molecule has 2 aromatic rings. The van der Waals surface area contributed by atoms with Crippen molar-refractivity contribution in [1.29, 1.82) is 0 Å². The van der Waals surface area contributed by atoms with Crippen LogP contribution in [0.2, 0.25) is 5.02 Å². The second-order valence-corrected chi connectivity index (χ2v) is 6.22. The molecule has 0 aliphatic carbocycles. The van der Waals surface area contributed by atoms with E-state index in [1.807, 2.05) is 25.3 Å². The van der Waals surface area contributed by atoms with Crippen LogP contribution in [0.25, 0.3) is 10.9 Å². The highest BCUT2D eigenvalue weighted by atomic mass is 35.5. The van der Waals surface area contributed by atoms with Gasteiger partial charge in [-0.25, -0.2) is 0 Å². The number of pyridine rings is 1. The summed E-state index contributed by atoms with van der Waals surface area (Å²) in [6.07, 6.45) is 4.34. The van der Waals surface area contributed by atoms with Crippen molar-refractivity contribution in [3.8, 4) is 0 Å². The Balaban J connectivity index is 2.32. The van der Waals surface area contributed by atoms with Gasteiger partial charge in [-0.05, 0) is 49.1 Å². The molecule has 1 atom stereocenters. The summed E-state index contributed by atoms with van der Waals surface area (Å²) in [4.78, 5) is 16.5. The zero-order valence-electron chi connectivity index (χ0n) is 12.0. The summed E-state index contributed by atoms with van der Waals surface area (Å²) in [6, 6.07) is 4.98. The third kappa shape index (κ3) is 3.67. The van der Waals surface area contributed by atoms with Crippen LogP contribution in [0.3, 0.4) is 0 Å². The number of nitrogens with one attached hydrogen (secondary N) is 1. The van der Waals surface area contributed by atoms with Crippen molar-refractivity contribution in [3.05, 3.63) is 35.0 Å². The van der Waals surface area contributed by atoms with Gasteiger partial charge in [0.2, 0.25) is 5.91 Å². The van der Waals surface area contributed by atoms with Crippen LogP contribution in [-0.2, 0) is 4.79 Å². The highest BCUT2D eigenvalue weighted by Crippen LogP contribution is 2.32. The molecular weight excluding hydrogens is 306 g/mol. The maximum Gasteiger partial charge on any atom is 0.241 e. The SMILES string of the molecule is CSCC[C@H](N)C(=O)Nc1c(Cl)cc(C)c2ncccc12. The Kier molecular flexibility index (Phi) is 5.45. The average molecular weight is 324 g/mol. The summed E-state index contributed by atoms with van der Waals surface area (Å²) < 4.78 is 0. The second kappa shape index (κ2) is 7.11. The zero-order valence-corrected chi connectivity index (χ0v) is 13.6. The van der Waals surface area contributed by atoms with Gasteiger partial charge in [0.15, 0.2) is 0 Å². The fraction of sp³-hybridized carbons (Fsp3) is 0.333. The Bertz CT molecular complexity index is 663. The number of halogens is 1. The van der Waals surface area contributed by atoms with Crippen LogP contribution in [0.5, 0.6) is 0 Å². The van der Waals surface area contributed by atoms with Gasteiger partial charge in [0.1, 0.15) is 0 Å². The number of carbonyl (C=O) groups is 1. The van der Waals surface area contributed by atoms with Gasteiger partial charge in [0.25, 0.3) is 0 Å². The minimum absolute atomic E-state index is 0.222. The summed E-state index contributed by atoms with van der Waals surface area (Å²) in [5, 5.41) is 4.17. The standard InChI is InChI=1S/C15H18ClN3OS/c1-9-8-11(16)14(10-4-3-6-18-13(9)10)19-15(20)12(17)5-7-21-2/h3-4,6,8,12H,5,7,17H2,1-2H3,(H,19,20)/t12-/m0/s1. The van der Waals surface area contributed by atoms with Gasteiger partial charge in [-0.1, -0.05) is 11.6 Å². The number of hydrogen-bond acceptors (Lipinski definition) is 4. The third-order valence-corrected chi connectivity index (χ3v) is 4.19. The molecule has 0 fully saturated rings. The molecule has 0 radical (unpaired) electrons. The number of thioether (sulfide) groups is 1. The summed E-state index contributed by atoms with van der Waals surface area (Å²) in [6.45, 7) is 1.94. The van der Waals surface area contributed by atoms with Crippen LogP contribution in [-0.4, -0.2) is 28.9 Å². The Labute approximate surface area is 133 Å². The molecule has 0 unspecified atom stereocenters. The molecule has 0 saturated carbocycles. The molecule has 0 aliphatic heterocycles. The van der Waals surface area contributed by atoms with Crippen LogP contribution < -0.4 is 11.1 Å². The highest BCUT2D eigenvalue weighted by Gasteiger charge is 2.17. The number of nitrogens with two attached hydrogens (primary N) is 1. The first kappa shape index (κ1) is 16.1. The average Bonchev–Trinajstić information content (AvgIpc) is 2.48. The van der Waals surface area contributed by atoms with E-state index in [1.165, 1.54) is 0 Å². The Hall–Kier alpha value is -1.30. The van der Waals surface area contributed by atoms with Crippen LogP contribution in [0.1, 0.15) is 12.0 Å². The highest BCUT2D eigenvalue weighted by molar-refractivity contribution is 7.98. The number of aromatic nitrogens is 1. The molecule has 0 saturated heterocycles. The number of amides is 1. The van der Waals surface area contributed by atoms with Crippen molar-refractivity contribution < 1.29 is 4.79 Å². The number of nitrogens with zero attached hydrogens (tertiary/aromatic N) is 1. The van der Waals surface area contributed by atoms with Gasteiger partial charge in [-0.2, -0.15) is 11.8 Å². The molecule has 0 bridgehead atoms. The number of carbonyl (C=O) groups excluding carboxylic acids is 1. The second-order valence-electron chi connectivity index (χ2n) is 4.83. The zero-order chi connectivity index (χ0) is 15.4. The first-order chi connectivity index (χ1) is 10.0. The molecule has 1 aromatic heterocycles. The summed E-state index contributed by atoms with van der Waals surface area (Å²) in [5.74, 6) is 0.623. The van der Waals surface area contributed by atoms with E-state index in [0.717, 1.165) is 22.2 Å². The molecule has 112 valence electrons. The Morgan fingerprint density at radius 3 is 3.05 bits per heavy atom. The first-order valence-corrected chi connectivity index (χ1v) is 8.41. The quantitative estimate of drug-likeness (QED) is 0.886. The van der Waals surface area contributed by atoms with E-state index in [0.29, 0.717) is 17.1 Å². The molecule has 0 aliphatic rings. The van der Waals surface area contributed by atoms with Crippen LogP contribution in [0.15, 0.2) is 24.4 Å². The lowest BCUT2D eigenvalue weighted by Crippen LogP contribution is -2.36. The largest absolute Gasteiger partial charge is 0.323 e. The van der Waals surface area contributed by atoms with Crippen molar-refractivity contribution >= 4 is 45.9 Å². The number of fused-ring (bicyclic) bond motifs is 1. The molecule has 1 heterocycles. The maximum absolute atomic E-state index is 12.2. The van der Waals surface area contributed by atoms with Crippen molar-refractivity contribution in [1.82, 2.24) is 4.98 Å². The lowest BCUT2D eigenvalue weighted by Gasteiger charge is -2.15. The van der Waals surface area contributed by atoms with Crippen molar-refractivity contribution in [2.75, 3.05) is 17.3 Å². The summed E-state index contributed by atoms with van der Waals surface area (Å²) >= 11 is 7.94. The van der Waals surface area contributed by atoms with E-state index in [9.17, 15) is 4.79 Å². The molecule has 1 aromatic carbocycles. The van der Waals surface area contributed by atoms with Crippen LogP contribution in [0, 0.1) is 6.92 Å². The van der Waals surface area contributed by atoms with Gasteiger partial charge >= 0.3 is 0 Å². The summed E-state index contributed by atoms with van der Waals surface area (Å²) in [5.41, 5.74) is 8.27. The molecule has 0 spiro atoms. The summed E-state index contributed by atoms with van der Waals surface area (Å²) in [7, 11) is 0. The number of aryl methyl sites for hydroxylation is 1. The number of anilines is 1. The lowest BCUT2D eigenvalue weighted by atomic mass is 10.1. The molecular formula is C15H18ClN3OS. The van der Waals surface area contributed by atoms with E-state index in [-0.39, 0.29) is 5.91 Å². The van der Waals surface area contributed by atoms with Gasteiger partial charge in [-0.15, -0.1) is 0 Å². The van der Waals surface area contributed by atoms with E-state index in [2.05, 4.69) is 10.3 Å². The van der Waals surface area contributed by atoms with Gasteiger partial charge in [0.05, 0.1) is 22.3 Å².